The monoisotopic (exact) mass is 364 g/mol. The Labute approximate surface area is 150 Å². The van der Waals surface area contributed by atoms with Gasteiger partial charge in [0.25, 0.3) is 5.69 Å². The van der Waals surface area contributed by atoms with Gasteiger partial charge in [0.1, 0.15) is 0 Å². The second-order valence-electron chi connectivity index (χ2n) is 6.79. The largest absolute Gasteiger partial charge is 0.500 e. The predicted molar refractivity (Wildman–Crippen MR) is 94.3 cm³/mol. The van der Waals surface area contributed by atoms with Gasteiger partial charge in [0.2, 0.25) is 6.21 Å². The van der Waals surface area contributed by atoms with Crippen molar-refractivity contribution in [3.05, 3.63) is 30.1 Å². The molecule has 1 atom stereocenters. The van der Waals surface area contributed by atoms with E-state index in [1.54, 1.807) is 21.3 Å². The molecule has 3 aliphatic heterocycles. The van der Waals surface area contributed by atoms with Crippen molar-refractivity contribution < 1.29 is 22.4 Å². The molecule has 8 heteroatoms. The molecule has 0 aromatic carbocycles. The molecule has 0 radical (unpaired) electrons. The van der Waals surface area contributed by atoms with Crippen LogP contribution < -0.4 is 4.57 Å². The molecule has 1 spiro atoms. The Morgan fingerprint density at radius 1 is 1.12 bits per heavy atom. The van der Waals surface area contributed by atoms with E-state index >= 15 is 0 Å². The van der Waals surface area contributed by atoms with Crippen LogP contribution in [0.1, 0.15) is 12.1 Å². The van der Waals surface area contributed by atoms with Crippen LogP contribution in [0.15, 0.2) is 24.4 Å². The number of hydrogen-bond donors (Lipinski definition) is 0. The zero-order valence-corrected chi connectivity index (χ0v) is 16.4. The van der Waals surface area contributed by atoms with Crippen molar-refractivity contribution in [2.45, 2.75) is 18.4 Å². The molecule has 4 rings (SSSR count). The third kappa shape index (κ3) is 2.43. The van der Waals surface area contributed by atoms with E-state index in [0.717, 1.165) is 45.2 Å². The van der Waals surface area contributed by atoms with Crippen molar-refractivity contribution in [2.75, 3.05) is 54.1 Å². The summed E-state index contributed by atoms with van der Waals surface area (Å²) in [6, 6.07) is 7.27. The van der Waals surface area contributed by atoms with Crippen LogP contribution in [0, 0.1) is 0 Å². The second kappa shape index (κ2) is 6.53. The van der Waals surface area contributed by atoms with Crippen LogP contribution in [0.25, 0.3) is 0 Å². The van der Waals surface area contributed by atoms with E-state index in [2.05, 4.69) is 49.6 Å². The highest BCUT2D eigenvalue weighted by atomic mass is 28.4. The maximum atomic E-state index is 5.57. The minimum absolute atomic E-state index is 0.159. The van der Waals surface area contributed by atoms with Gasteiger partial charge >= 0.3 is 14.7 Å². The fourth-order valence-corrected chi connectivity index (χ4v) is 6.34. The lowest BCUT2D eigenvalue weighted by Crippen LogP contribution is -2.70. The maximum absolute atomic E-state index is 5.57. The fraction of sp³-hybridized carbons (Fsp3) is 0.647. The fourth-order valence-electron chi connectivity index (χ4n) is 4.64. The van der Waals surface area contributed by atoms with Crippen LogP contribution in [-0.2, 0) is 19.2 Å². The highest BCUT2D eigenvalue weighted by Crippen LogP contribution is 2.35. The number of rotatable bonds is 7. The number of hydrogen-bond acceptors (Lipinski definition) is 5. The Bertz CT molecular complexity index is 673. The van der Waals surface area contributed by atoms with E-state index in [0.29, 0.717) is 0 Å². The van der Waals surface area contributed by atoms with Crippen molar-refractivity contribution >= 4 is 15.0 Å². The Morgan fingerprint density at radius 2 is 1.92 bits per heavy atom. The van der Waals surface area contributed by atoms with Gasteiger partial charge in [-0.15, -0.1) is 4.58 Å². The van der Waals surface area contributed by atoms with Crippen LogP contribution in [0.3, 0.4) is 0 Å². The molecule has 0 aliphatic carbocycles. The summed E-state index contributed by atoms with van der Waals surface area (Å²) >= 11 is 0. The second-order valence-corrected chi connectivity index (χ2v) is 9.88. The summed E-state index contributed by atoms with van der Waals surface area (Å²) in [6.45, 7) is 5.36. The molecule has 1 unspecified atom stereocenters. The van der Waals surface area contributed by atoms with Gasteiger partial charge < -0.3 is 13.3 Å². The molecule has 1 aromatic rings. The quantitative estimate of drug-likeness (QED) is 0.499. The molecule has 25 heavy (non-hydrogen) atoms. The first-order chi connectivity index (χ1) is 12.2. The van der Waals surface area contributed by atoms with E-state index in [1.807, 2.05) is 0 Å². The number of fused-ring (bicyclic) bond motifs is 1. The standard InChI is InChI=1S/C17H28N4O3Si/c1-22-25(23-2,24-3)14-6-8-18-10-11-19-12-13-20-15-16-7-4-5-9-21(16)17(18,19)20/h4-5,7,9,15H,6,8,10-14H2,1-3H3/q+2. The van der Waals surface area contributed by atoms with E-state index in [9.17, 15) is 0 Å². The van der Waals surface area contributed by atoms with Crippen LogP contribution in [-0.4, -0.2) is 83.4 Å². The van der Waals surface area contributed by atoms with Crippen molar-refractivity contribution in [1.82, 2.24) is 9.80 Å². The van der Waals surface area contributed by atoms with Gasteiger partial charge in [-0.2, -0.15) is 9.80 Å². The van der Waals surface area contributed by atoms with Gasteiger partial charge in [-0.05, 0) is 12.5 Å². The minimum Gasteiger partial charge on any atom is -0.377 e. The Morgan fingerprint density at radius 3 is 2.68 bits per heavy atom. The van der Waals surface area contributed by atoms with Crippen molar-refractivity contribution in [1.29, 1.82) is 0 Å². The summed E-state index contributed by atoms with van der Waals surface area (Å²) in [4.78, 5) is 5.18. The van der Waals surface area contributed by atoms with Crippen LogP contribution in [0.2, 0.25) is 6.04 Å². The first-order valence-electron chi connectivity index (χ1n) is 8.98. The molecule has 0 N–H and O–H groups in total. The Kier molecular flexibility index (Phi) is 4.51. The normalized spacial score (nSPS) is 25.8. The molecular weight excluding hydrogens is 336 g/mol. The molecule has 2 saturated heterocycles. The lowest BCUT2D eigenvalue weighted by molar-refractivity contribution is -0.946. The highest BCUT2D eigenvalue weighted by Gasteiger charge is 2.71. The lowest BCUT2D eigenvalue weighted by atomic mass is 10.3. The number of nitrogens with zero attached hydrogens (tertiary/aromatic N) is 4. The zero-order valence-electron chi connectivity index (χ0n) is 15.4. The van der Waals surface area contributed by atoms with Gasteiger partial charge in [0.15, 0.2) is 12.7 Å². The molecule has 0 saturated carbocycles. The topological polar surface area (TPSA) is 41.1 Å². The zero-order chi connectivity index (χ0) is 17.5. The smallest absolute Gasteiger partial charge is 0.377 e. The molecule has 2 fully saturated rings. The van der Waals surface area contributed by atoms with E-state index in [-0.39, 0.29) is 5.91 Å². The number of aromatic nitrogens is 1. The maximum Gasteiger partial charge on any atom is 0.500 e. The van der Waals surface area contributed by atoms with Crippen molar-refractivity contribution in [3.63, 3.8) is 0 Å². The van der Waals surface area contributed by atoms with Gasteiger partial charge in [-0.1, -0.05) is 4.57 Å². The predicted octanol–water partition coefficient (Wildman–Crippen LogP) is -0.114. The average molecular weight is 365 g/mol. The van der Waals surface area contributed by atoms with E-state index in [4.69, 9.17) is 13.3 Å². The summed E-state index contributed by atoms with van der Waals surface area (Å²) in [6.07, 6.45) is 5.51. The number of pyridine rings is 1. The molecule has 4 heterocycles. The van der Waals surface area contributed by atoms with Gasteiger partial charge in [-0.3, -0.25) is 0 Å². The third-order valence-electron chi connectivity index (χ3n) is 5.83. The molecule has 3 aliphatic rings. The lowest BCUT2D eigenvalue weighted by Gasteiger charge is -2.28. The molecule has 0 amide bonds. The first kappa shape index (κ1) is 17.3. The van der Waals surface area contributed by atoms with E-state index < -0.39 is 8.80 Å². The molecule has 7 nitrogen and oxygen atoms in total. The Balaban J connectivity index is 1.55. The van der Waals surface area contributed by atoms with Gasteiger partial charge in [0, 0.05) is 59.1 Å². The SMILES string of the molecule is CO[Si](CCCN1CCN2CC[N+]3=Cc4cccc[n+]4C123)(OC)OC. The Hall–Kier alpha value is -1.16. The van der Waals surface area contributed by atoms with Crippen molar-refractivity contribution in [2.24, 2.45) is 0 Å². The third-order valence-corrected chi connectivity index (χ3v) is 8.66. The minimum atomic E-state index is -2.50. The van der Waals surface area contributed by atoms with Gasteiger partial charge in [-0.25, -0.2) is 0 Å². The summed E-state index contributed by atoms with van der Waals surface area (Å²) in [5, 5.41) is 0. The summed E-state index contributed by atoms with van der Waals surface area (Å²) in [7, 11) is 2.56. The van der Waals surface area contributed by atoms with E-state index in [1.165, 1.54) is 5.69 Å². The molecule has 0 bridgehead atoms. The summed E-state index contributed by atoms with van der Waals surface area (Å²) < 4.78 is 21.6. The van der Waals surface area contributed by atoms with Gasteiger partial charge in [0.05, 0.1) is 6.54 Å². The molecular formula is C17H28N4O3Si+2. The first-order valence-corrected chi connectivity index (χ1v) is 10.9. The highest BCUT2D eigenvalue weighted by molar-refractivity contribution is 6.60. The summed E-state index contributed by atoms with van der Waals surface area (Å²) in [5.74, 6) is -0.159. The van der Waals surface area contributed by atoms with Crippen LogP contribution in [0.5, 0.6) is 0 Å². The van der Waals surface area contributed by atoms with Crippen LogP contribution >= 0.6 is 0 Å². The van der Waals surface area contributed by atoms with Crippen LogP contribution in [0.4, 0.5) is 0 Å². The molecule has 1 aromatic heterocycles. The molecule has 136 valence electrons. The average Bonchev–Trinajstić information content (AvgIpc) is 3.28. The summed E-state index contributed by atoms with van der Waals surface area (Å²) in [5.41, 5.74) is 1.27. The van der Waals surface area contributed by atoms with Crippen molar-refractivity contribution in [3.8, 4) is 0 Å².